The summed E-state index contributed by atoms with van der Waals surface area (Å²) in [6, 6.07) is 5.54. The Morgan fingerprint density at radius 1 is 1.40 bits per heavy atom. The van der Waals surface area contributed by atoms with E-state index in [4.69, 9.17) is 15.6 Å². The van der Waals surface area contributed by atoms with Crippen LogP contribution in [0.2, 0.25) is 0 Å². The van der Waals surface area contributed by atoms with Gasteiger partial charge < -0.3 is 31.5 Å². The first kappa shape index (κ1) is 18.2. The van der Waals surface area contributed by atoms with Crippen molar-refractivity contribution >= 4 is 29.4 Å². The van der Waals surface area contributed by atoms with E-state index in [1.807, 2.05) is 32.2 Å². The van der Waals surface area contributed by atoms with Crippen LogP contribution in [0.15, 0.2) is 35.1 Å². The number of rotatable bonds is 8. The number of hydrogen-bond donors (Lipinski definition) is 5. The standard InChI is InChI=1S/C17H22N6O2/c1-11-3-4-12(13(8-18)9-21-6-5-20-2)7-14(11)22-16(24)15-10-25-17(19)23-15/h3-4,7-10,18,20-21H,5-6H2,1-2H3,(H2,19,23)(H,22,24)/b13-9+,18-8?. The van der Waals surface area contributed by atoms with Crippen LogP contribution >= 0.6 is 0 Å². The minimum absolute atomic E-state index is 0.0581. The predicted molar refractivity (Wildman–Crippen MR) is 98.7 cm³/mol. The SMILES string of the molecule is CNCCN/C=C(\C=N)c1ccc(C)c(NC(=O)c2coc(N)n2)c1. The molecule has 0 aliphatic rings. The lowest BCUT2D eigenvalue weighted by Gasteiger charge is -2.11. The number of nitrogens with zero attached hydrogens (tertiary/aromatic N) is 1. The average molecular weight is 342 g/mol. The van der Waals surface area contributed by atoms with E-state index in [0.29, 0.717) is 11.3 Å². The van der Waals surface area contributed by atoms with Gasteiger partial charge in [0.05, 0.1) is 0 Å². The van der Waals surface area contributed by atoms with Crippen molar-refractivity contribution < 1.29 is 9.21 Å². The molecule has 1 heterocycles. The molecule has 0 bridgehead atoms. The van der Waals surface area contributed by atoms with Gasteiger partial charge in [0.2, 0.25) is 0 Å². The van der Waals surface area contributed by atoms with Crippen molar-refractivity contribution in [2.24, 2.45) is 0 Å². The van der Waals surface area contributed by atoms with Gasteiger partial charge in [-0.25, -0.2) is 0 Å². The quantitative estimate of drug-likeness (QED) is 0.366. The number of anilines is 2. The first-order valence-electron chi connectivity index (χ1n) is 7.77. The van der Waals surface area contributed by atoms with Crippen molar-refractivity contribution in [3.8, 4) is 0 Å². The summed E-state index contributed by atoms with van der Waals surface area (Å²) < 4.78 is 4.85. The molecule has 0 fully saturated rings. The average Bonchev–Trinajstić information content (AvgIpc) is 3.04. The lowest BCUT2D eigenvalue weighted by Crippen LogP contribution is -2.21. The molecule has 25 heavy (non-hydrogen) atoms. The summed E-state index contributed by atoms with van der Waals surface area (Å²) in [6.45, 7) is 3.45. The first-order chi connectivity index (χ1) is 12.0. The number of carbonyl (C=O) groups excluding carboxylic acids is 1. The van der Waals surface area contributed by atoms with E-state index >= 15 is 0 Å². The summed E-state index contributed by atoms with van der Waals surface area (Å²) in [7, 11) is 1.88. The van der Waals surface area contributed by atoms with Crippen molar-refractivity contribution in [2.75, 3.05) is 31.2 Å². The molecule has 8 heteroatoms. The second-order valence-electron chi connectivity index (χ2n) is 5.36. The highest BCUT2D eigenvalue weighted by Crippen LogP contribution is 2.22. The molecule has 0 unspecified atom stereocenters. The Morgan fingerprint density at radius 2 is 2.20 bits per heavy atom. The molecule has 2 aromatic rings. The zero-order valence-electron chi connectivity index (χ0n) is 14.2. The molecule has 0 atom stereocenters. The van der Waals surface area contributed by atoms with Crippen LogP contribution in [0.5, 0.6) is 0 Å². The van der Waals surface area contributed by atoms with E-state index in [1.54, 1.807) is 6.20 Å². The summed E-state index contributed by atoms with van der Waals surface area (Å²) in [6.07, 6.45) is 4.25. The highest BCUT2D eigenvalue weighted by molar-refractivity contribution is 6.09. The maximum absolute atomic E-state index is 12.2. The summed E-state index contributed by atoms with van der Waals surface area (Å²) in [4.78, 5) is 16.0. The molecular weight excluding hydrogens is 320 g/mol. The van der Waals surface area contributed by atoms with Gasteiger partial charge in [0.25, 0.3) is 11.9 Å². The number of allylic oxidation sites excluding steroid dienone is 1. The van der Waals surface area contributed by atoms with Crippen LogP contribution in [0.1, 0.15) is 21.6 Å². The Labute approximate surface area is 146 Å². The van der Waals surface area contributed by atoms with Gasteiger partial charge in [0.15, 0.2) is 5.69 Å². The molecule has 0 aliphatic heterocycles. The molecule has 8 nitrogen and oxygen atoms in total. The van der Waals surface area contributed by atoms with Crippen LogP contribution in [-0.2, 0) is 0 Å². The third-order valence-electron chi connectivity index (χ3n) is 3.51. The smallest absolute Gasteiger partial charge is 0.292 e. The number of nitrogens with one attached hydrogen (secondary N) is 4. The molecule has 0 spiro atoms. The van der Waals surface area contributed by atoms with Crippen molar-refractivity contribution in [2.45, 2.75) is 6.92 Å². The van der Waals surface area contributed by atoms with E-state index in [2.05, 4.69) is 20.9 Å². The highest BCUT2D eigenvalue weighted by Gasteiger charge is 2.13. The molecule has 132 valence electrons. The number of aryl methyl sites for hydroxylation is 1. The van der Waals surface area contributed by atoms with Gasteiger partial charge in [-0.15, -0.1) is 0 Å². The normalized spacial score (nSPS) is 11.2. The number of amides is 1. The van der Waals surface area contributed by atoms with Crippen LogP contribution in [0.3, 0.4) is 0 Å². The molecule has 1 aromatic carbocycles. The second kappa shape index (κ2) is 8.65. The van der Waals surface area contributed by atoms with Gasteiger partial charge in [-0.2, -0.15) is 4.98 Å². The Balaban J connectivity index is 2.18. The summed E-state index contributed by atoms with van der Waals surface area (Å²) in [5.74, 6) is -0.409. The number of oxazole rings is 1. The zero-order chi connectivity index (χ0) is 18.2. The topological polar surface area (TPSA) is 129 Å². The first-order valence-corrected chi connectivity index (χ1v) is 7.77. The van der Waals surface area contributed by atoms with Crippen molar-refractivity contribution in [1.82, 2.24) is 15.6 Å². The Kier molecular flexibility index (Phi) is 6.30. The van der Waals surface area contributed by atoms with E-state index in [1.165, 1.54) is 12.5 Å². The highest BCUT2D eigenvalue weighted by atomic mass is 16.4. The lowest BCUT2D eigenvalue weighted by atomic mass is 10.0. The third kappa shape index (κ3) is 4.92. The van der Waals surface area contributed by atoms with Crippen molar-refractivity contribution in [1.29, 1.82) is 5.41 Å². The number of benzene rings is 1. The van der Waals surface area contributed by atoms with Crippen LogP contribution in [0.25, 0.3) is 5.57 Å². The zero-order valence-corrected chi connectivity index (χ0v) is 14.2. The maximum Gasteiger partial charge on any atom is 0.292 e. The number of carbonyl (C=O) groups is 1. The van der Waals surface area contributed by atoms with Crippen LogP contribution in [0, 0.1) is 12.3 Å². The summed E-state index contributed by atoms with van der Waals surface area (Å²) in [5, 5.41) is 16.6. The monoisotopic (exact) mass is 342 g/mol. The molecule has 0 saturated heterocycles. The van der Waals surface area contributed by atoms with Gasteiger partial charge in [0, 0.05) is 36.8 Å². The summed E-state index contributed by atoms with van der Waals surface area (Å²) >= 11 is 0. The molecule has 6 N–H and O–H groups in total. The second-order valence-corrected chi connectivity index (χ2v) is 5.36. The minimum Gasteiger partial charge on any atom is -0.431 e. The fraction of sp³-hybridized carbons (Fsp3) is 0.235. The molecule has 0 saturated carbocycles. The predicted octanol–water partition coefficient (Wildman–Crippen LogP) is 1.62. The number of aromatic nitrogens is 1. The number of likely N-dealkylation sites (N-methyl/N-ethyl adjacent to an activating group) is 1. The largest absolute Gasteiger partial charge is 0.431 e. The van der Waals surface area contributed by atoms with E-state index in [0.717, 1.165) is 24.2 Å². The van der Waals surface area contributed by atoms with Gasteiger partial charge in [0.1, 0.15) is 6.26 Å². The number of nitrogens with two attached hydrogens (primary N) is 1. The molecule has 0 aliphatic carbocycles. The fourth-order valence-corrected chi connectivity index (χ4v) is 2.10. The van der Waals surface area contributed by atoms with Crippen molar-refractivity contribution in [3.63, 3.8) is 0 Å². The number of nitrogen functional groups attached to an aromatic ring is 1. The minimum atomic E-state index is -0.409. The molecule has 1 amide bonds. The van der Waals surface area contributed by atoms with Gasteiger partial charge >= 0.3 is 0 Å². The number of hydrogen-bond acceptors (Lipinski definition) is 7. The Hall–Kier alpha value is -3.13. The van der Waals surface area contributed by atoms with Crippen LogP contribution < -0.4 is 21.7 Å². The van der Waals surface area contributed by atoms with Gasteiger partial charge in [-0.05, 0) is 31.2 Å². The fourth-order valence-electron chi connectivity index (χ4n) is 2.10. The Morgan fingerprint density at radius 3 is 2.84 bits per heavy atom. The van der Waals surface area contributed by atoms with E-state index < -0.39 is 5.91 Å². The molecule has 0 radical (unpaired) electrons. The van der Waals surface area contributed by atoms with Crippen molar-refractivity contribution in [3.05, 3.63) is 47.5 Å². The van der Waals surface area contributed by atoms with Crippen LogP contribution in [0.4, 0.5) is 11.7 Å². The van der Waals surface area contributed by atoms with Gasteiger partial charge in [-0.3, -0.25) is 4.79 Å². The third-order valence-corrected chi connectivity index (χ3v) is 3.51. The summed E-state index contributed by atoms with van der Waals surface area (Å²) in [5.41, 5.74) is 8.54. The molecule has 1 aromatic heterocycles. The van der Waals surface area contributed by atoms with Gasteiger partial charge in [-0.1, -0.05) is 12.1 Å². The van der Waals surface area contributed by atoms with E-state index in [9.17, 15) is 4.79 Å². The molecule has 2 rings (SSSR count). The van der Waals surface area contributed by atoms with Crippen LogP contribution in [-0.4, -0.2) is 37.2 Å². The maximum atomic E-state index is 12.2. The molecular formula is C17H22N6O2. The lowest BCUT2D eigenvalue weighted by molar-refractivity contribution is 0.102. The Bertz CT molecular complexity index is 781. The van der Waals surface area contributed by atoms with E-state index in [-0.39, 0.29) is 11.7 Å².